The maximum atomic E-state index is 10.9. The van der Waals surface area contributed by atoms with Gasteiger partial charge in [0.05, 0.1) is 12.6 Å². The third-order valence-electron chi connectivity index (χ3n) is 6.00. The molecule has 3 heterocycles. The average Bonchev–Trinajstić information content (AvgIpc) is 3.07. The first kappa shape index (κ1) is 20.6. The van der Waals surface area contributed by atoms with E-state index in [4.69, 9.17) is 23.2 Å². The number of fused-ring (bicyclic) bond motifs is 3. The molecule has 2 aromatic heterocycles. The second-order valence-electron chi connectivity index (χ2n) is 8.06. The van der Waals surface area contributed by atoms with E-state index in [2.05, 4.69) is 19.4 Å². The number of pyridine rings is 1. The van der Waals surface area contributed by atoms with Crippen molar-refractivity contribution in [3.8, 4) is 0 Å². The molecule has 1 fully saturated rings. The first-order chi connectivity index (χ1) is 15.1. The smallest absolute Gasteiger partial charge is 0.128 e. The summed E-state index contributed by atoms with van der Waals surface area (Å²) in [5, 5.41) is 14.4. The number of hydrogen-bond donors (Lipinski definition) is 1. The SMILES string of the molecule is O[C@@H](CN1CCN(c2ccccn2)CC1)Cn1c2ccc(Cl)cc2c2cc(Cl)ccc21. The topological polar surface area (TPSA) is 44.5 Å². The first-order valence-corrected chi connectivity index (χ1v) is 11.3. The lowest BCUT2D eigenvalue weighted by Gasteiger charge is -2.36. The van der Waals surface area contributed by atoms with E-state index in [1.165, 1.54) is 0 Å². The molecule has 0 unspecified atom stereocenters. The molecule has 2 aromatic carbocycles. The van der Waals surface area contributed by atoms with Gasteiger partial charge in [0.1, 0.15) is 5.82 Å². The molecule has 1 N–H and O–H groups in total. The van der Waals surface area contributed by atoms with E-state index in [-0.39, 0.29) is 0 Å². The Morgan fingerprint density at radius 3 is 2.06 bits per heavy atom. The summed E-state index contributed by atoms with van der Waals surface area (Å²) in [4.78, 5) is 9.06. The normalized spacial score (nSPS) is 16.3. The number of aromatic nitrogens is 2. The molecule has 0 amide bonds. The Balaban J connectivity index is 1.31. The Kier molecular flexibility index (Phi) is 5.76. The van der Waals surface area contributed by atoms with Crippen molar-refractivity contribution < 1.29 is 5.11 Å². The van der Waals surface area contributed by atoms with Crippen LogP contribution < -0.4 is 4.90 Å². The van der Waals surface area contributed by atoms with Crippen molar-refractivity contribution in [3.63, 3.8) is 0 Å². The lowest BCUT2D eigenvalue weighted by atomic mass is 10.1. The van der Waals surface area contributed by atoms with Crippen LogP contribution in [0.2, 0.25) is 10.0 Å². The molecule has 5 rings (SSSR count). The predicted octanol–water partition coefficient (Wildman–Crippen LogP) is 4.68. The Morgan fingerprint density at radius 2 is 1.48 bits per heavy atom. The third-order valence-corrected chi connectivity index (χ3v) is 6.47. The van der Waals surface area contributed by atoms with E-state index in [0.29, 0.717) is 23.1 Å². The number of β-amino-alcohol motifs (C(OH)–C–C–N with tert-alkyl or cyclic N) is 1. The third kappa shape index (κ3) is 4.23. The predicted molar refractivity (Wildman–Crippen MR) is 128 cm³/mol. The standard InChI is InChI=1S/C24H24Cl2N4O/c25-17-4-6-22-20(13-17)21-14-18(26)5-7-23(21)30(22)16-19(31)15-28-9-11-29(12-10-28)24-3-1-2-8-27-24/h1-8,13-14,19,31H,9-12,15-16H2/t19-/m0/s1. The number of aliphatic hydroxyl groups excluding tert-OH is 1. The van der Waals surface area contributed by atoms with Crippen LogP contribution in [-0.4, -0.2) is 58.4 Å². The van der Waals surface area contributed by atoms with Gasteiger partial charge in [-0.25, -0.2) is 4.98 Å². The Morgan fingerprint density at radius 1 is 0.839 bits per heavy atom. The molecule has 1 aliphatic heterocycles. The number of piperazine rings is 1. The van der Waals surface area contributed by atoms with Gasteiger partial charge in [0.15, 0.2) is 0 Å². The van der Waals surface area contributed by atoms with Crippen LogP contribution in [0.5, 0.6) is 0 Å². The Labute approximate surface area is 191 Å². The lowest BCUT2D eigenvalue weighted by Crippen LogP contribution is -2.49. The summed E-state index contributed by atoms with van der Waals surface area (Å²) in [6.07, 6.45) is 1.35. The van der Waals surface area contributed by atoms with Crippen LogP contribution >= 0.6 is 23.2 Å². The van der Waals surface area contributed by atoms with Crippen molar-refractivity contribution in [1.29, 1.82) is 0 Å². The molecule has 0 saturated carbocycles. The zero-order valence-electron chi connectivity index (χ0n) is 17.1. The molecule has 31 heavy (non-hydrogen) atoms. The van der Waals surface area contributed by atoms with E-state index in [0.717, 1.165) is 53.8 Å². The highest BCUT2D eigenvalue weighted by Gasteiger charge is 2.21. The number of nitrogens with zero attached hydrogens (tertiary/aromatic N) is 4. The Hall–Kier alpha value is -2.31. The molecule has 7 heteroatoms. The molecule has 0 radical (unpaired) electrons. The molecular weight excluding hydrogens is 431 g/mol. The van der Waals surface area contributed by atoms with E-state index in [1.54, 1.807) is 0 Å². The van der Waals surface area contributed by atoms with Crippen molar-refractivity contribution in [2.24, 2.45) is 0 Å². The van der Waals surface area contributed by atoms with Crippen molar-refractivity contribution in [2.75, 3.05) is 37.6 Å². The summed E-state index contributed by atoms with van der Waals surface area (Å²) in [5.41, 5.74) is 2.11. The van der Waals surface area contributed by atoms with Crippen LogP contribution in [0.4, 0.5) is 5.82 Å². The summed E-state index contributed by atoms with van der Waals surface area (Å²) in [5.74, 6) is 1.02. The van der Waals surface area contributed by atoms with Crippen molar-refractivity contribution >= 4 is 50.8 Å². The van der Waals surface area contributed by atoms with Gasteiger partial charge in [0.25, 0.3) is 0 Å². The summed E-state index contributed by atoms with van der Waals surface area (Å²) in [6.45, 7) is 4.80. The molecular formula is C24H24Cl2N4O. The summed E-state index contributed by atoms with van der Waals surface area (Å²) in [7, 11) is 0. The van der Waals surface area contributed by atoms with Crippen LogP contribution in [-0.2, 0) is 6.54 Å². The molecule has 1 saturated heterocycles. The van der Waals surface area contributed by atoms with Crippen LogP contribution in [0.25, 0.3) is 21.8 Å². The minimum absolute atomic E-state index is 0.480. The van der Waals surface area contributed by atoms with Crippen molar-refractivity contribution in [1.82, 2.24) is 14.5 Å². The van der Waals surface area contributed by atoms with Gasteiger partial charge in [0.2, 0.25) is 0 Å². The number of anilines is 1. The minimum Gasteiger partial charge on any atom is -0.390 e. The quantitative estimate of drug-likeness (QED) is 0.475. The van der Waals surface area contributed by atoms with Gasteiger partial charge in [-0.05, 0) is 48.5 Å². The number of halogens is 2. The summed E-state index contributed by atoms with van der Waals surface area (Å²) in [6, 6.07) is 17.8. The van der Waals surface area contributed by atoms with Gasteiger partial charge in [-0.1, -0.05) is 29.3 Å². The molecule has 0 spiro atoms. The number of aliphatic hydroxyl groups is 1. The maximum Gasteiger partial charge on any atom is 0.128 e. The highest BCUT2D eigenvalue weighted by molar-refractivity contribution is 6.33. The Bertz CT molecular complexity index is 1140. The molecule has 0 bridgehead atoms. The zero-order chi connectivity index (χ0) is 21.4. The number of rotatable bonds is 5. The van der Waals surface area contributed by atoms with E-state index in [1.807, 2.05) is 60.8 Å². The summed E-state index contributed by atoms with van der Waals surface area (Å²) < 4.78 is 2.17. The van der Waals surface area contributed by atoms with Gasteiger partial charge in [-0.3, -0.25) is 4.90 Å². The van der Waals surface area contributed by atoms with Gasteiger partial charge < -0.3 is 14.6 Å². The second-order valence-corrected chi connectivity index (χ2v) is 8.94. The van der Waals surface area contributed by atoms with Crippen molar-refractivity contribution in [2.45, 2.75) is 12.6 Å². The lowest BCUT2D eigenvalue weighted by molar-refractivity contribution is 0.0968. The van der Waals surface area contributed by atoms with Gasteiger partial charge in [0, 0.05) is 70.8 Å². The van der Waals surface area contributed by atoms with Crippen molar-refractivity contribution in [3.05, 3.63) is 70.8 Å². The number of hydrogen-bond acceptors (Lipinski definition) is 4. The first-order valence-electron chi connectivity index (χ1n) is 10.5. The fraction of sp³-hybridized carbons (Fsp3) is 0.292. The van der Waals surface area contributed by atoms with Gasteiger partial charge in [-0.2, -0.15) is 0 Å². The largest absolute Gasteiger partial charge is 0.390 e. The zero-order valence-corrected chi connectivity index (χ0v) is 18.6. The van der Waals surface area contributed by atoms with E-state index >= 15 is 0 Å². The van der Waals surface area contributed by atoms with E-state index < -0.39 is 6.10 Å². The average molecular weight is 455 g/mol. The fourth-order valence-corrected chi connectivity index (χ4v) is 4.86. The minimum atomic E-state index is -0.480. The van der Waals surface area contributed by atoms with Gasteiger partial charge >= 0.3 is 0 Å². The highest BCUT2D eigenvalue weighted by atomic mass is 35.5. The molecule has 1 aliphatic rings. The van der Waals surface area contributed by atoms with E-state index in [9.17, 15) is 5.11 Å². The fourth-order valence-electron chi connectivity index (χ4n) is 4.51. The number of benzene rings is 2. The monoisotopic (exact) mass is 454 g/mol. The van der Waals surface area contributed by atoms with Crippen LogP contribution in [0.15, 0.2) is 60.8 Å². The maximum absolute atomic E-state index is 10.9. The highest BCUT2D eigenvalue weighted by Crippen LogP contribution is 2.33. The second kappa shape index (κ2) is 8.67. The molecule has 1 atom stereocenters. The molecule has 0 aliphatic carbocycles. The molecule has 4 aromatic rings. The molecule has 5 nitrogen and oxygen atoms in total. The van der Waals surface area contributed by atoms with Crippen LogP contribution in [0.1, 0.15) is 0 Å². The van der Waals surface area contributed by atoms with Gasteiger partial charge in [-0.15, -0.1) is 0 Å². The molecule has 160 valence electrons. The van der Waals surface area contributed by atoms with Crippen LogP contribution in [0, 0.1) is 0 Å². The van der Waals surface area contributed by atoms with Crippen LogP contribution in [0.3, 0.4) is 0 Å². The summed E-state index contributed by atoms with van der Waals surface area (Å²) >= 11 is 12.5.